The quantitative estimate of drug-likeness (QED) is 0.0948. The van der Waals surface area contributed by atoms with E-state index in [-0.39, 0.29) is 21.3 Å². The molecule has 47 heavy (non-hydrogen) atoms. The van der Waals surface area contributed by atoms with E-state index < -0.39 is 16.6 Å². The summed E-state index contributed by atoms with van der Waals surface area (Å²) in [5.74, 6) is 0.249. The van der Waals surface area contributed by atoms with Gasteiger partial charge in [0, 0.05) is 25.0 Å². The van der Waals surface area contributed by atoms with Crippen LogP contribution >= 0.6 is 0 Å². The lowest BCUT2D eigenvalue weighted by Gasteiger charge is -2.47. The Bertz CT molecular complexity index is 1340. The summed E-state index contributed by atoms with van der Waals surface area (Å²) in [7, 11) is -5.52. The van der Waals surface area contributed by atoms with Crippen molar-refractivity contribution in [2.45, 2.75) is 91.1 Å². The summed E-state index contributed by atoms with van der Waals surface area (Å²) >= 11 is 0. The molecule has 0 unspecified atom stereocenters. The van der Waals surface area contributed by atoms with Crippen LogP contribution in [-0.2, 0) is 13.6 Å². The first-order valence-corrected chi connectivity index (χ1v) is 21.1. The van der Waals surface area contributed by atoms with Gasteiger partial charge < -0.3 is 13.6 Å². The molecule has 3 nitrogen and oxygen atoms in total. The second-order valence-corrected chi connectivity index (χ2v) is 24.2. The van der Waals surface area contributed by atoms with Gasteiger partial charge in [-0.2, -0.15) is 0 Å². The average molecular weight is 665 g/mol. The number of unbranched alkanes of at least 4 members (excludes halogenated alkanes) is 1. The number of hydrogen-bond acceptors (Lipinski definition) is 3. The van der Waals surface area contributed by atoms with Crippen molar-refractivity contribution in [3.05, 3.63) is 121 Å². The third-order valence-corrected chi connectivity index (χ3v) is 19.6. The lowest BCUT2D eigenvalue weighted by atomic mass is 9.86. The number of carbonyl (C=O) groups excluding carboxylic acids is 1. The Hall–Kier alpha value is -3.10. The first kappa shape index (κ1) is 36.7. The van der Waals surface area contributed by atoms with Crippen molar-refractivity contribution in [2.75, 3.05) is 13.2 Å². The molecule has 0 fully saturated rings. The molecule has 0 saturated heterocycles. The van der Waals surface area contributed by atoms with Crippen LogP contribution < -0.4 is 20.7 Å². The van der Waals surface area contributed by atoms with Crippen LogP contribution in [0.4, 0.5) is 0 Å². The monoisotopic (exact) mass is 664 g/mol. The molecule has 4 rings (SSSR count). The summed E-state index contributed by atoms with van der Waals surface area (Å²) in [6.07, 6.45) is 3.35. The molecular formula is C42H56O3Si2. The predicted octanol–water partition coefficient (Wildman–Crippen LogP) is 8.30. The van der Waals surface area contributed by atoms with Crippen LogP contribution in [0, 0.1) is 5.41 Å². The van der Waals surface area contributed by atoms with Gasteiger partial charge in [-0.05, 0) is 50.6 Å². The van der Waals surface area contributed by atoms with E-state index in [1.54, 1.807) is 6.92 Å². The van der Waals surface area contributed by atoms with Crippen LogP contribution in [0.2, 0.25) is 10.1 Å². The number of benzene rings is 4. The molecule has 0 spiro atoms. The summed E-state index contributed by atoms with van der Waals surface area (Å²) in [5.41, 5.74) is -0.281. The zero-order valence-electron chi connectivity index (χ0n) is 30.0. The van der Waals surface area contributed by atoms with Gasteiger partial charge in [-0.15, -0.1) is 0 Å². The van der Waals surface area contributed by atoms with E-state index in [1.165, 1.54) is 20.7 Å². The number of Topliss-reactive ketones (excluding diaryl/α,β-unsaturated/α-hetero) is 1. The van der Waals surface area contributed by atoms with Crippen LogP contribution in [-0.4, -0.2) is 35.6 Å². The standard InChI is InChI=1S/C42H56O3Si2/c1-35(43)23-21-22-32-42(8,33-44-46(40(2,3)4,36-24-13-9-14-25-36)37-26-15-10-16-27-37)34-45-47(41(5,6)7,38-28-17-11-18-29-38)39-30-19-12-20-31-39/h9-20,24-31H,21-23,32-34H2,1-8H3. The second-order valence-electron chi connectivity index (χ2n) is 15.6. The lowest BCUT2D eigenvalue weighted by molar-refractivity contribution is -0.117. The Morgan fingerprint density at radius 2 is 0.809 bits per heavy atom. The molecule has 0 bridgehead atoms. The third kappa shape index (κ3) is 8.32. The van der Waals surface area contributed by atoms with Crippen LogP contribution in [0.5, 0.6) is 0 Å². The Morgan fingerprint density at radius 1 is 0.511 bits per heavy atom. The predicted molar refractivity (Wildman–Crippen MR) is 204 cm³/mol. The molecule has 0 aliphatic carbocycles. The van der Waals surface area contributed by atoms with Crippen molar-refractivity contribution in [1.82, 2.24) is 0 Å². The molecule has 0 atom stereocenters. The van der Waals surface area contributed by atoms with Gasteiger partial charge in [0.2, 0.25) is 0 Å². The summed E-state index contributed by atoms with van der Waals surface area (Å²) in [6.45, 7) is 19.2. The Balaban J connectivity index is 1.80. The maximum absolute atomic E-state index is 11.9. The Labute approximate surface area is 287 Å². The van der Waals surface area contributed by atoms with E-state index in [0.717, 1.165) is 19.3 Å². The lowest BCUT2D eigenvalue weighted by Crippen LogP contribution is -2.68. The molecule has 0 heterocycles. The molecule has 0 amide bonds. The maximum atomic E-state index is 11.9. The zero-order valence-corrected chi connectivity index (χ0v) is 32.0. The topological polar surface area (TPSA) is 35.5 Å². The SMILES string of the molecule is CC(=O)CCCCC(C)(CO[Si](c1ccccc1)(c1ccccc1)C(C)(C)C)CO[Si](c1ccccc1)(c1ccccc1)C(C)(C)C. The molecule has 250 valence electrons. The number of carbonyl (C=O) groups is 1. The maximum Gasteiger partial charge on any atom is 0.261 e. The first-order valence-electron chi connectivity index (χ1n) is 17.2. The molecule has 0 radical (unpaired) electrons. The molecule has 4 aromatic rings. The van der Waals surface area contributed by atoms with Crippen molar-refractivity contribution in [1.29, 1.82) is 0 Å². The van der Waals surface area contributed by atoms with Crippen molar-refractivity contribution >= 4 is 43.2 Å². The molecule has 0 aliphatic rings. The van der Waals surface area contributed by atoms with Crippen molar-refractivity contribution in [3.8, 4) is 0 Å². The van der Waals surface area contributed by atoms with Crippen LogP contribution in [0.1, 0.15) is 81.1 Å². The largest absolute Gasteiger partial charge is 0.407 e. The summed E-state index contributed by atoms with van der Waals surface area (Å²) in [6, 6.07) is 43.5. The van der Waals surface area contributed by atoms with E-state index in [1.807, 2.05) is 0 Å². The Morgan fingerprint density at radius 3 is 1.06 bits per heavy atom. The van der Waals surface area contributed by atoms with E-state index in [0.29, 0.717) is 19.6 Å². The van der Waals surface area contributed by atoms with E-state index in [9.17, 15) is 4.79 Å². The highest BCUT2D eigenvalue weighted by molar-refractivity contribution is 7.00. The van der Waals surface area contributed by atoms with Gasteiger partial charge in [0.25, 0.3) is 16.6 Å². The van der Waals surface area contributed by atoms with Crippen LogP contribution in [0.3, 0.4) is 0 Å². The molecule has 0 N–H and O–H groups in total. The van der Waals surface area contributed by atoms with Gasteiger partial charge in [-0.25, -0.2) is 0 Å². The summed E-state index contributed by atoms with van der Waals surface area (Å²) in [4.78, 5) is 11.9. The van der Waals surface area contributed by atoms with Gasteiger partial charge in [-0.3, -0.25) is 0 Å². The number of hydrogen-bond donors (Lipinski definition) is 0. The zero-order chi connectivity index (χ0) is 34.2. The van der Waals surface area contributed by atoms with Crippen molar-refractivity contribution in [2.24, 2.45) is 5.41 Å². The van der Waals surface area contributed by atoms with E-state index >= 15 is 0 Å². The van der Waals surface area contributed by atoms with E-state index in [2.05, 4.69) is 170 Å². The summed E-state index contributed by atoms with van der Waals surface area (Å²) < 4.78 is 15.2. The van der Waals surface area contributed by atoms with Gasteiger partial charge in [0.15, 0.2) is 0 Å². The minimum absolute atomic E-state index is 0.121. The molecule has 0 saturated carbocycles. The number of ketones is 1. The molecule has 0 aromatic heterocycles. The summed E-state index contributed by atoms with van der Waals surface area (Å²) in [5, 5.41) is 4.89. The minimum Gasteiger partial charge on any atom is -0.407 e. The normalized spacial score (nSPS) is 13.0. The highest BCUT2D eigenvalue weighted by atomic mass is 28.4. The molecule has 5 heteroatoms. The van der Waals surface area contributed by atoms with Crippen LogP contribution in [0.25, 0.3) is 0 Å². The smallest absolute Gasteiger partial charge is 0.261 e. The number of rotatable bonds is 15. The average Bonchev–Trinajstić information content (AvgIpc) is 3.04. The fourth-order valence-corrected chi connectivity index (χ4v) is 16.6. The highest BCUT2D eigenvalue weighted by Gasteiger charge is 2.53. The first-order chi connectivity index (χ1) is 22.3. The second kappa shape index (κ2) is 15.4. The van der Waals surface area contributed by atoms with E-state index in [4.69, 9.17) is 8.85 Å². The van der Waals surface area contributed by atoms with Gasteiger partial charge in [-0.1, -0.05) is 176 Å². The van der Waals surface area contributed by atoms with Crippen molar-refractivity contribution < 1.29 is 13.6 Å². The Kier molecular flexibility index (Phi) is 12.0. The van der Waals surface area contributed by atoms with Crippen molar-refractivity contribution in [3.63, 3.8) is 0 Å². The van der Waals surface area contributed by atoms with Gasteiger partial charge in [0.05, 0.1) is 0 Å². The highest BCUT2D eigenvalue weighted by Crippen LogP contribution is 2.41. The third-order valence-electron chi connectivity index (χ3n) is 9.67. The van der Waals surface area contributed by atoms with Gasteiger partial charge in [0.1, 0.15) is 5.78 Å². The molecule has 0 aliphatic heterocycles. The fourth-order valence-electron chi connectivity index (χ4n) is 7.20. The van der Waals surface area contributed by atoms with Gasteiger partial charge >= 0.3 is 0 Å². The molecule has 4 aromatic carbocycles. The van der Waals surface area contributed by atoms with Crippen LogP contribution in [0.15, 0.2) is 121 Å². The molecular weight excluding hydrogens is 609 g/mol. The fraction of sp³-hybridized carbons (Fsp3) is 0.405. The minimum atomic E-state index is -2.76.